The van der Waals surface area contributed by atoms with E-state index < -0.39 is 12.0 Å². The molecule has 0 saturated carbocycles. The van der Waals surface area contributed by atoms with Crippen LogP contribution in [0.5, 0.6) is 0 Å². The number of hydrogen-bond donors (Lipinski definition) is 2. The van der Waals surface area contributed by atoms with E-state index in [1.54, 1.807) is 12.1 Å². The van der Waals surface area contributed by atoms with Crippen molar-refractivity contribution in [1.29, 1.82) is 0 Å². The Morgan fingerprint density at radius 1 is 1.47 bits per heavy atom. The number of aliphatic hydroxyl groups excluding tert-OH is 1. The van der Waals surface area contributed by atoms with Crippen molar-refractivity contribution in [2.75, 3.05) is 11.9 Å². The van der Waals surface area contributed by atoms with Crippen LogP contribution in [0, 0.1) is 0 Å². The highest BCUT2D eigenvalue weighted by Gasteiger charge is 2.41. The van der Waals surface area contributed by atoms with Crippen molar-refractivity contribution in [3.05, 3.63) is 28.8 Å². The third-order valence-electron chi connectivity index (χ3n) is 2.48. The Bertz CT molecular complexity index is 384. The van der Waals surface area contributed by atoms with Crippen molar-refractivity contribution in [1.82, 2.24) is 0 Å². The second kappa shape index (κ2) is 3.61. The van der Waals surface area contributed by atoms with Gasteiger partial charge in [-0.05, 0) is 18.2 Å². The van der Waals surface area contributed by atoms with E-state index in [-0.39, 0.29) is 18.5 Å². The van der Waals surface area contributed by atoms with Crippen molar-refractivity contribution in [3.8, 4) is 0 Å². The zero-order valence-electron chi connectivity index (χ0n) is 7.80. The summed E-state index contributed by atoms with van der Waals surface area (Å²) in [4.78, 5) is 0. The SMILES string of the molecule is O[C@@H]1c2cc(Cl)ccc2NCCC1(F)F. The van der Waals surface area contributed by atoms with E-state index >= 15 is 0 Å². The van der Waals surface area contributed by atoms with Gasteiger partial charge in [0.2, 0.25) is 0 Å². The molecule has 0 spiro atoms. The lowest BCUT2D eigenvalue weighted by atomic mass is 10.0. The molecule has 0 radical (unpaired) electrons. The van der Waals surface area contributed by atoms with Gasteiger partial charge < -0.3 is 10.4 Å². The van der Waals surface area contributed by atoms with Crippen LogP contribution in [0.4, 0.5) is 14.5 Å². The van der Waals surface area contributed by atoms with Gasteiger partial charge in [0.1, 0.15) is 6.10 Å². The van der Waals surface area contributed by atoms with E-state index in [0.717, 1.165) is 0 Å². The molecule has 2 rings (SSSR count). The Hall–Kier alpha value is -0.870. The van der Waals surface area contributed by atoms with Gasteiger partial charge in [-0.15, -0.1) is 0 Å². The minimum absolute atomic E-state index is 0.138. The lowest BCUT2D eigenvalue weighted by Crippen LogP contribution is -2.26. The van der Waals surface area contributed by atoms with Crippen LogP contribution in [0.2, 0.25) is 5.02 Å². The van der Waals surface area contributed by atoms with Gasteiger partial charge in [-0.2, -0.15) is 0 Å². The van der Waals surface area contributed by atoms with Crippen molar-refractivity contribution < 1.29 is 13.9 Å². The van der Waals surface area contributed by atoms with E-state index in [2.05, 4.69) is 5.32 Å². The third-order valence-corrected chi connectivity index (χ3v) is 2.72. The maximum absolute atomic E-state index is 13.3. The number of fused-ring (bicyclic) bond motifs is 1. The molecule has 1 aromatic rings. The molecule has 5 heteroatoms. The number of nitrogens with one attached hydrogen (secondary N) is 1. The fourth-order valence-electron chi connectivity index (χ4n) is 1.65. The summed E-state index contributed by atoms with van der Waals surface area (Å²) in [6.45, 7) is 0.138. The van der Waals surface area contributed by atoms with Crippen LogP contribution in [-0.2, 0) is 0 Å². The highest BCUT2D eigenvalue weighted by molar-refractivity contribution is 6.30. The molecule has 2 N–H and O–H groups in total. The molecule has 0 saturated heterocycles. The summed E-state index contributed by atoms with van der Waals surface area (Å²) in [5.74, 6) is -3.11. The highest BCUT2D eigenvalue weighted by atomic mass is 35.5. The maximum Gasteiger partial charge on any atom is 0.279 e. The topological polar surface area (TPSA) is 32.3 Å². The van der Waals surface area contributed by atoms with Crippen LogP contribution in [0.15, 0.2) is 18.2 Å². The molecule has 1 atom stereocenters. The highest BCUT2D eigenvalue weighted by Crippen LogP contribution is 2.40. The first kappa shape index (κ1) is 10.6. The summed E-state index contributed by atoms with van der Waals surface area (Å²) in [6, 6.07) is 4.57. The van der Waals surface area contributed by atoms with Crippen molar-refractivity contribution >= 4 is 17.3 Å². The van der Waals surface area contributed by atoms with E-state index in [4.69, 9.17) is 11.6 Å². The van der Waals surface area contributed by atoms with Gasteiger partial charge in [0.15, 0.2) is 0 Å². The van der Waals surface area contributed by atoms with Gasteiger partial charge in [0.05, 0.1) is 0 Å². The molecule has 1 aliphatic heterocycles. The summed E-state index contributed by atoms with van der Waals surface area (Å²) >= 11 is 5.70. The van der Waals surface area contributed by atoms with Gasteiger partial charge in [0, 0.05) is 29.2 Å². The zero-order valence-corrected chi connectivity index (χ0v) is 8.56. The standard InChI is InChI=1S/C10H10ClF2NO/c11-6-1-2-8-7(5-6)9(15)10(12,13)3-4-14-8/h1-2,5,9,14-15H,3-4H2/t9-/m1/s1. The predicted octanol–water partition coefficient (Wildman–Crippen LogP) is 2.82. The second-order valence-electron chi connectivity index (χ2n) is 3.57. The lowest BCUT2D eigenvalue weighted by Gasteiger charge is -2.20. The van der Waals surface area contributed by atoms with E-state index in [1.807, 2.05) is 0 Å². The van der Waals surface area contributed by atoms with Gasteiger partial charge >= 0.3 is 0 Å². The van der Waals surface area contributed by atoms with Crippen LogP contribution in [-0.4, -0.2) is 17.6 Å². The Balaban J connectivity index is 2.49. The first-order valence-electron chi connectivity index (χ1n) is 4.60. The Morgan fingerprint density at radius 2 is 2.20 bits per heavy atom. The molecule has 0 aliphatic carbocycles. The number of aliphatic hydroxyl groups is 1. The second-order valence-corrected chi connectivity index (χ2v) is 4.01. The third kappa shape index (κ3) is 1.92. The summed E-state index contributed by atoms with van der Waals surface area (Å²) in [7, 11) is 0. The zero-order chi connectivity index (χ0) is 11.1. The Labute approximate surface area is 90.9 Å². The molecule has 82 valence electrons. The average molecular weight is 234 g/mol. The normalized spacial score (nSPS) is 23.9. The average Bonchev–Trinajstić information content (AvgIpc) is 2.27. The fraction of sp³-hybridized carbons (Fsp3) is 0.400. The molecule has 1 aliphatic rings. The first-order valence-corrected chi connectivity index (χ1v) is 4.98. The fourth-order valence-corrected chi connectivity index (χ4v) is 1.83. The quantitative estimate of drug-likeness (QED) is 0.722. The molecule has 1 aromatic carbocycles. The monoisotopic (exact) mass is 233 g/mol. The molecule has 0 unspecified atom stereocenters. The number of benzene rings is 1. The molecule has 0 amide bonds. The largest absolute Gasteiger partial charge is 0.385 e. The summed E-state index contributed by atoms with van der Waals surface area (Å²) in [6.07, 6.45) is -2.18. The smallest absolute Gasteiger partial charge is 0.279 e. The number of alkyl halides is 2. The summed E-state index contributed by atoms with van der Waals surface area (Å²) in [5.41, 5.74) is 0.675. The minimum Gasteiger partial charge on any atom is -0.385 e. The van der Waals surface area contributed by atoms with Crippen LogP contribution in [0.25, 0.3) is 0 Å². The van der Waals surface area contributed by atoms with Gasteiger partial charge in [0.25, 0.3) is 5.92 Å². The van der Waals surface area contributed by atoms with Crippen LogP contribution < -0.4 is 5.32 Å². The molecule has 0 bridgehead atoms. The predicted molar refractivity (Wildman–Crippen MR) is 54.5 cm³/mol. The Morgan fingerprint density at radius 3 is 2.93 bits per heavy atom. The molecule has 1 heterocycles. The van der Waals surface area contributed by atoms with Crippen LogP contribution >= 0.6 is 11.6 Å². The molecular weight excluding hydrogens is 224 g/mol. The Kier molecular flexibility index (Phi) is 2.56. The first-order chi connectivity index (χ1) is 7.00. The van der Waals surface area contributed by atoms with Gasteiger partial charge in [-0.1, -0.05) is 11.6 Å². The van der Waals surface area contributed by atoms with Crippen molar-refractivity contribution in [3.63, 3.8) is 0 Å². The van der Waals surface area contributed by atoms with Gasteiger partial charge in [-0.3, -0.25) is 0 Å². The van der Waals surface area contributed by atoms with Crippen molar-refractivity contribution in [2.45, 2.75) is 18.4 Å². The van der Waals surface area contributed by atoms with Crippen LogP contribution in [0.1, 0.15) is 18.1 Å². The molecule has 0 aromatic heterocycles. The maximum atomic E-state index is 13.3. The molecule has 2 nitrogen and oxygen atoms in total. The molecule has 15 heavy (non-hydrogen) atoms. The summed E-state index contributed by atoms with van der Waals surface area (Å²) in [5, 5.41) is 12.7. The van der Waals surface area contributed by atoms with Crippen molar-refractivity contribution in [2.24, 2.45) is 0 Å². The number of rotatable bonds is 0. The van der Waals surface area contributed by atoms with Crippen LogP contribution in [0.3, 0.4) is 0 Å². The molecular formula is C10H10ClF2NO. The van der Waals surface area contributed by atoms with Gasteiger partial charge in [-0.25, -0.2) is 8.78 Å². The van der Waals surface area contributed by atoms with E-state index in [1.165, 1.54) is 6.07 Å². The summed E-state index contributed by atoms with van der Waals surface area (Å²) < 4.78 is 26.7. The minimum atomic E-state index is -3.11. The van der Waals surface area contributed by atoms with E-state index in [0.29, 0.717) is 10.7 Å². The number of halogens is 3. The molecule has 0 fully saturated rings. The van der Waals surface area contributed by atoms with E-state index in [9.17, 15) is 13.9 Å². The lowest BCUT2D eigenvalue weighted by molar-refractivity contribution is -0.111. The number of hydrogen-bond acceptors (Lipinski definition) is 2. The number of anilines is 1.